The standard InChI is InChI=1S/C30H25N3O4S2/c1-19-7-10-21(11-8-19)23-17-39-28-27(23)29(35)33(22-5-3-2-4-6-22)30(32-28)38-14-13-26(34)31-16-20-9-12-24-25(15-20)37-18-36-24/h2-12,15,17H,13-14,16,18H2,1H3,(H,31,34). The molecule has 5 aromatic rings. The highest BCUT2D eigenvalue weighted by Gasteiger charge is 2.19. The Balaban J connectivity index is 1.22. The lowest BCUT2D eigenvalue weighted by Gasteiger charge is -2.13. The molecule has 0 spiro atoms. The number of nitrogens with zero attached hydrogens (tertiary/aromatic N) is 2. The maximum Gasteiger partial charge on any atom is 0.268 e. The number of benzene rings is 3. The van der Waals surface area contributed by atoms with E-state index in [1.54, 1.807) is 4.57 Å². The van der Waals surface area contributed by atoms with Crippen LogP contribution in [0.4, 0.5) is 0 Å². The molecule has 7 nitrogen and oxygen atoms in total. The fourth-order valence-electron chi connectivity index (χ4n) is 4.39. The Bertz CT molecular complexity index is 1710. The minimum atomic E-state index is -0.113. The number of carbonyl (C=O) groups excluding carboxylic acids is 1. The second kappa shape index (κ2) is 11.0. The molecule has 0 saturated carbocycles. The average Bonchev–Trinajstić information content (AvgIpc) is 3.60. The maximum absolute atomic E-state index is 13.9. The van der Waals surface area contributed by atoms with Gasteiger partial charge in [-0.05, 0) is 42.3 Å². The topological polar surface area (TPSA) is 82.4 Å². The van der Waals surface area contributed by atoms with E-state index in [9.17, 15) is 9.59 Å². The zero-order chi connectivity index (χ0) is 26.8. The summed E-state index contributed by atoms with van der Waals surface area (Å²) in [6, 6.07) is 23.3. The highest BCUT2D eigenvalue weighted by atomic mass is 32.2. The van der Waals surface area contributed by atoms with Crippen molar-refractivity contribution in [2.45, 2.75) is 25.0 Å². The Morgan fingerprint density at radius 1 is 1.05 bits per heavy atom. The average molecular weight is 556 g/mol. The first-order valence-corrected chi connectivity index (χ1v) is 14.4. The molecular weight excluding hydrogens is 530 g/mol. The second-order valence-corrected chi connectivity index (χ2v) is 11.0. The molecule has 39 heavy (non-hydrogen) atoms. The summed E-state index contributed by atoms with van der Waals surface area (Å²) in [7, 11) is 0. The lowest BCUT2D eigenvalue weighted by Crippen LogP contribution is -2.24. The molecule has 0 unspecified atom stereocenters. The van der Waals surface area contributed by atoms with Gasteiger partial charge in [0.2, 0.25) is 12.7 Å². The number of hydrogen-bond acceptors (Lipinski definition) is 7. The van der Waals surface area contributed by atoms with Gasteiger partial charge in [-0.15, -0.1) is 11.3 Å². The van der Waals surface area contributed by atoms with Crippen LogP contribution in [0, 0.1) is 6.92 Å². The number of hydrogen-bond donors (Lipinski definition) is 1. The number of rotatable bonds is 8. The van der Waals surface area contributed by atoms with Crippen molar-refractivity contribution in [3.8, 4) is 28.3 Å². The third-order valence-electron chi connectivity index (χ3n) is 6.44. The molecule has 6 rings (SSSR count). The Kier molecular flexibility index (Phi) is 7.08. The summed E-state index contributed by atoms with van der Waals surface area (Å²) < 4.78 is 12.4. The Hall–Kier alpha value is -4.08. The van der Waals surface area contributed by atoms with Crippen molar-refractivity contribution in [1.29, 1.82) is 0 Å². The number of amides is 1. The molecule has 0 radical (unpaired) electrons. The van der Waals surface area contributed by atoms with Gasteiger partial charge in [0, 0.05) is 29.7 Å². The first-order chi connectivity index (χ1) is 19.1. The summed E-state index contributed by atoms with van der Waals surface area (Å²) in [4.78, 5) is 32.1. The van der Waals surface area contributed by atoms with Gasteiger partial charge >= 0.3 is 0 Å². The predicted octanol–water partition coefficient (Wildman–Crippen LogP) is 5.95. The fraction of sp³-hybridized carbons (Fsp3) is 0.167. The zero-order valence-electron chi connectivity index (χ0n) is 21.2. The number of aryl methyl sites for hydroxylation is 1. The number of aromatic nitrogens is 2. The molecule has 1 aliphatic rings. The number of carbonyl (C=O) groups is 1. The van der Waals surface area contributed by atoms with E-state index in [0.717, 1.165) is 27.9 Å². The van der Waals surface area contributed by atoms with E-state index < -0.39 is 0 Å². The third kappa shape index (κ3) is 5.28. The van der Waals surface area contributed by atoms with Crippen LogP contribution >= 0.6 is 23.1 Å². The Labute approximate surface area is 233 Å². The number of fused-ring (bicyclic) bond motifs is 2. The summed E-state index contributed by atoms with van der Waals surface area (Å²) in [5.74, 6) is 1.81. The van der Waals surface area contributed by atoms with E-state index in [-0.39, 0.29) is 24.7 Å². The van der Waals surface area contributed by atoms with Crippen molar-refractivity contribution < 1.29 is 14.3 Å². The number of nitrogens with one attached hydrogen (secondary N) is 1. The van der Waals surface area contributed by atoms with Crippen LogP contribution in [0.5, 0.6) is 11.5 Å². The van der Waals surface area contributed by atoms with Crippen molar-refractivity contribution in [1.82, 2.24) is 14.9 Å². The van der Waals surface area contributed by atoms with Gasteiger partial charge < -0.3 is 14.8 Å². The molecule has 3 aromatic carbocycles. The largest absolute Gasteiger partial charge is 0.454 e. The van der Waals surface area contributed by atoms with Crippen molar-refractivity contribution >= 4 is 39.2 Å². The van der Waals surface area contributed by atoms with E-state index in [0.29, 0.717) is 39.2 Å². The highest BCUT2D eigenvalue weighted by molar-refractivity contribution is 7.99. The molecule has 0 aliphatic carbocycles. The highest BCUT2D eigenvalue weighted by Crippen LogP contribution is 2.34. The molecule has 1 N–H and O–H groups in total. The predicted molar refractivity (Wildman–Crippen MR) is 155 cm³/mol. The molecule has 1 aliphatic heterocycles. The van der Waals surface area contributed by atoms with Gasteiger partial charge in [-0.3, -0.25) is 14.2 Å². The van der Waals surface area contributed by atoms with E-state index in [2.05, 4.69) is 5.32 Å². The van der Waals surface area contributed by atoms with Gasteiger partial charge in [-0.2, -0.15) is 0 Å². The smallest absolute Gasteiger partial charge is 0.268 e. The SMILES string of the molecule is Cc1ccc(-c2csc3nc(SCCC(=O)NCc4ccc5c(c4)OCO5)n(-c4ccccc4)c(=O)c23)cc1. The minimum absolute atomic E-state index is 0.0763. The van der Waals surface area contributed by atoms with Gasteiger partial charge in [-0.25, -0.2) is 4.98 Å². The molecule has 1 amide bonds. The lowest BCUT2D eigenvalue weighted by atomic mass is 10.1. The molecule has 0 atom stereocenters. The van der Waals surface area contributed by atoms with E-state index in [4.69, 9.17) is 14.5 Å². The van der Waals surface area contributed by atoms with Gasteiger partial charge in [0.25, 0.3) is 5.56 Å². The second-order valence-electron chi connectivity index (χ2n) is 9.13. The van der Waals surface area contributed by atoms with Gasteiger partial charge in [0.15, 0.2) is 16.7 Å². The number of para-hydroxylation sites is 1. The molecule has 196 valence electrons. The first-order valence-electron chi connectivity index (χ1n) is 12.5. The number of thioether (sulfide) groups is 1. The number of thiophene rings is 1. The van der Waals surface area contributed by atoms with E-state index in [1.165, 1.54) is 23.1 Å². The van der Waals surface area contributed by atoms with Crippen LogP contribution < -0.4 is 20.3 Å². The van der Waals surface area contributed by atoms with E-state index >= 15 is 0 Å². The quantitative estimate of drug-likeness (QED) is 0.188. The van der Waals surface area contributed by atoms with Gasteiger partial charge in [-0.1, -0.05) is 65.9 Å². The summed E-state index contributed by atoms with van der Waals surface area (Å²) in [6.07, 6.45) is 0.289. The third-order valence-corrected chi connectivity index (χ3v) is 8.25. The maximum atomic E-state index is 13.9. The first kappa shape index (κ1) is 25.2. The van der Waals surface area contributed by atoms with Crippen molar-refractivity contribution in [3.05, 3.63) is 99.7 Å². The van der Waals surface area contributed by atoms with Crippen LogP contribution in [0.1, 0.15) is 17.5 Å². The summed E-state index contributed by atoms with van der Waals surface area (Å²) in [6.45, 7) is 2.66. The van der Waals surface area contributed by atoms with Crippen molar-refractivity contribution in [2.75, 3.05) is 12.5 Å². The summed E-state index contributed by atoms with van der Waals surface area (Å²) in [5, 5.41) is 6.13. The number of ether oxygens (including phenoxy) is 2. The molecule has 9 heteroatoms. The zero-order valence-corrected chi connectivity index (χ0v) is 22.8. The summed E-state index contributed by atoms with van der Waals surface area (Å²) >= 11 is 2.87. The molecule has 2 aromatic heterocycles. The van der Waals surface area contributed by atoms with Crippen molar-refractivity contribution in [3.63, 3.8) is 0 Å². The molecule has 0 bridgehead atoms. The van der Waals surface area contributed by atoms with Crippen molar-refractivity contribution in [2.24, 2.45) is 0 Å². The van der Waals surface area contributed by atoms with Gasteiger partial charge in [0.1, 0.15) is 4.83 Å². The van der Waals surface area contributed by atoms with E-state index in [1.807, 2.05) is 85.1 Å². The lowest BCUT2D eigenvalue weighted by molar-refractivity contribution is -0.120. The van der Waals surface area contributed by atoms with Crippen LogP contribution in [-0.4, -0.2) is 28.0 Å². The normalized spacial score (nSPS) is 12.1. The van der Waals surface area contributed by atoms with Crippen LogP contribution in [0.3, 0.4) is 0 Å². The van der Waals surface area contributed by atoms with Crippen LogP contribution in [0.2, 0.25) is 0 Å². The summed E-state index contributed by atoms with van der Waals surface area (Å²) in [5.41, 5.74) is 4.61. The molecular formula is C30H25N3O4S2. The molecule has 0 fully saturated rings. The van der Waals surface area contributed by atoms with Crippen LogP contribution in [0.15, 0.2) is 88.1 Å². The van der Waals surface area contributed by atoms with Crippen LogP contribution in [0.25, 0.3) is 27.0 Å². The Morgan fingerprint density at radius 3 is 2.67 bits per heavy atom. The minimum Gasteiger partial charge on any atom is -0.454 e. The molecule has 3 heterocycles. The Morgan fingerprint density at radius 2 is 1.85 bits per heavy atom. The fourth-order valence-corrected chi connectivity index (χ4v) is 6.33. The monoisotopic (exact) mass is 555 g/mol. The van der Waals surface area contributed by atoms with Crippen LogP contribution in [-0.2, 0) is 11.3 Å². The van der Waals surface area contributed by atoms with Gasteiger partial charge in [0.05, 0.1) is 11.1 Å². The molecule has 0 saturated heterocycles.